The van der Waals surface area contributed by atoms with E-state index in [2.05, 4.69) is 5.32 Å². The van der Waals surface area contributed by atoms with Gasteiger partial charge in [0.05, 0.1) is 19.3 Å². The Morgan fingerprint density at radius 3 is 2.48 bits per heavy atom. The highest BCUT2D eigenvalue weighted by Crippen LogP contribution is 2.20. The zero-order chi connectivity index (χ0) is 21.2. The van der Waals surface area contributed by atoms with Gasteiger partial charge in [-0.1, -0.05) is 30.3 Å². The quantitative estimate of drug-likeness (QED) is 0.601. The van der Waals surface area contributed by atoms with Crippen LogP contribution in [0.2, 0.25) is 0 Å². The maximum Gasteiger partial charge on any atom is 0.328 e. The molecular formula is C22H32N2O5. The van der Waals surface area contributed by atoms with Crippen molar-refractivity contribution in [2.45, 2.75) is 64.6 Å². The van der Waals surface area contributed by atoms with Gasteiger partial charge < -0.3 is 14.4 Å². The fourth-order valence-electron chi connectivity index (χ4n) is 3.60. The van der Waals surface area contributed by atoms with Crippen molar-refractivity contribution in [1.29, 1.82) is 0 Å². The van der Waals surface area contributed by atoms with Crippen LogP contribution in [0.15, 0.2) is 30.3 Å². The molecule has 1 aliphatic rings. The van der Waals surface area contributed by atoms with Crippen molar-refractivity contribution in [3.63, 3.8) is 0 Å². The highest BCUT2D eigenvalue weighted by molar-refractivity contribution is 5.88. The topological polar surface area (TPSA) is 84.9 Å². The Kier molecular flexibility index (Phi) is 9.12. The molecule has 0 unspecified atom stereocenters. The number of amides is 1. The van der Waals surface area contributed by atoms with Crippen LogP contribution in [0.5, 0.6) is 0 Å². The summed E-state index contributed by atoms with van der Waals surface area (Å²) in [6, 6.07) is 8.11. The molecule has 29 heavy (non-hydrogen) atoms. The van der Waals surface area contributed by atoms with Crippen molar-refractivity contribution >= 4 is 17.8 Å². The molecule has 1 aromatic rings. The van der Waals surface area contributed by atoms with Gasteiger partial charge in [0, 0.05) is 6.54 Å². The number of likely N-dealkylation sites (tertiary alicyclic amines) is 1. The van der Waals surface area contributed by atoms with Crippen LogP contribution >= 0.6 is 0 Å². The average Bonchev–Trinajstić information content (AvgIpc) is 3.21. The van der Waals surface area contributed by atoms with Crippen molar-refractivity contribution < 1.29 is 23.9 Å². The van der Waals surface area contributed by atoms with E-state index in [1.807, 2.05) is 30.3 Å². The minimum atomic E-state index is -0.616. The van der Waals surface area contributed by atoms with Crippen LogP contribution in [-0.2, 0) is 30.3 Å². The van der Waals surface area contributed by atoms with E-state index in [-0.39, 0.29) is 31.1 Å². The Labute approximate surface area is 172 Å². The number of ether oxygens (including phenoxy) is 2. The molecular weight excluding hydrogens is 372 g/mol. The van der Waals surface area contributed by atoms with E-state index in [0.29, 0.717) is 25.8 Å². The summed E-state index contributed by atoms with van der Waals surface area (Å²) in [5.41, 5.74) is 1.12. The zero-order valence-corrected chi connectivity index (χ0v) is 17.6. The van der Waals surface area contributed by atoms with Gasteiger partial charge in [0.15, 0.2) is 0 Å². The number of rotatable bonds is 10. The predicted molar refractivity (Wildman–Crippen MR) is 109 cm³/mol. The summed E-state index contributed by atoms with van der Waals surface area (Å²) in [6.45, 7) is 6.31. The molecule has 7 heteroatoms. The molecule has 0 radical (unpaired) electrons. The minimum absolute atomic E-state index is 0.199. The Bertz CT molecular complexity index is 679. The Hall–Kier alpha value is -2.41. The molecule has 1 saturated heterocycles. The predicted octanol–water partition coefficient (Wildman–Crippen LogP) is 2.08. The molecule has 0 spiro atoms. The lowest BCUT2D eigenvalue weighted by molar-refractivity contribution is -0.154. The number of aryl methyl sites for hydroxylation is 1. The standard InChI is InChI=1S/C22H32N2O5/c1-4-28-21(26)18(14-13-17-10-7-6-8-11-17)23-16(3)20(25)24-15-9-12-19(24)22(27)29-5-2/h6-8,10-11,16,18-19,23H,4-5,9,12-15H2,1-3H3/t16-,18-,19-/m0/s1. The van der Waals surface area contributed by atoms with Crippen LogP contribution < -0.4 is 5.32 Å². The third-order valence-electron chi connectivity index (χ3n) is 5.05. The smallest absolute Gasteiger partial charge is 0.328 e. The van der Waals surface area contributed by atoms with Crippen molar-refractivity contribution in [3.8, 4) is 0 Å². The molecule has 1 heterocycles. The van der Waals surface area contributed by atoms with Crippen LogP contribution in [0.1, 0.15) is 45.6 Å². The second kappa shape index (κ2) is 11.6. The molecule has 1 fully saturated rings. The lowest BCUT2D eigenvalue weighted by Crippen LogP contribution is -2.53. The van der Waals surface area contributed by atoms with E-state index in [0.717, 1.165) is 12.0 Å². The summed E-state index contributed by atoms with van der Waals surface area (Å²) in [6.07, 6.45) is 2.57. The number of carbonyl (C=O) groups excluding carboxylic acids is 3. The van der Waals surface area contributed by atoms with E-state index in [9.17, 15) is 14.4 Å². The van der Waals surface area contributed by atoms with Crippen LogP contribution in [0.3, 0.4) is 0 Å². The minimum Gasteiger partial charge on any atom is -0.465 e. The number of esters is 2. The first-order chi connectivity index (χ1) is 14.0. The lowest BCUT2D eigenvalue weighted by atomic mass is 10.0. The molecule has 0 aliphatic carbocycles. The van der Waals surface area contributed by atoms with Crippen molar-refractivity contribution in [2.75, 3.05) is 19.8 Å². The Morgan fingerprint density at radius 2 is 1.83 bits per heavy atom. The van der Waals surface area contributed by atoms with Crippen molar-refractivity contribution in [1.82, 2.24) is 10.2 Å². The van der Waals surface area contributed by atoms with E-state index in [4.69, 9.17) is 9.47 Å². The largest absolute Gasteiger partial charge is 0.465 e. The molecule has 2 rings (SSSR count). The van der Waals surface area contributed by atoms with Gasteiger partial charge in [-0.3, -0.25) is 14.9 Å². The number of hydrogen-bond donors (Lipinski definition) is 1. The second-order valence-corrected chi connectivity index (χ2v) is 7.16. The molecule has 0 aromatic heterocycles. The van der Waals surface area contributed by atoms with Crippen LogP contribution in [0.25, 0.3) is 0 Å². The summed E-state index contributed by atoms with van der Waals surface area (Å²) < 4.78 is 10.3. The monoisotopic (exact) mass is 404 g/mol. The molecule has 1 amide bonds. The Balaban J connectivity index is 2.01. The van der Waals surface area contributed by atoms with Gasteiger partial charge in [-0.15, -0.1) is 0 Å². The molecule has 1 aromatic carbocycles. The van der Waals surface area contributed by atoms with Gasteiger partial charge in [0.25, 0.3) is 0 Å². The maximum absolute atomic E-state index is 13.0. The van der Waals surface area contributed by atoms with Gasteiger partial charge in [0.1, 0.15) is 12.1 Å². The summed E-state index contributed by atoms with van der Waals surface area (Å²) >= 11 is 0. The molecule has 160 valence electrons. The lowest BCUT2D eigenvalue weighted by Gasteiger charge is -2.28. The van der Waals surface area contributed by atoms with Gasteiger partial charge >= 0.3 is 11.9 Å². The number of hydrogen-bond acceptors (Lipinski definition) is 6. The van der Waals surface area contributed by atoms with Gasteiger partial charge in [0.2, 0.25) is 5.91 Å². The van der Waals surface area contributed by atoms with E-state index >= 15 is 0 Å². The molecule has 3 atom stereocenters. The highest BCUT2D eigenvalue weighted by Gasteiger charge is 2.37. The molecule has 0 bridgehead atoms. The summed E-state index contributed by atoms with van der Waals surface area (Å²) in [5.74, 6) is -0.933. The van der Waals surface area contributed by atoms with Crippen LogP contribution in [-0.4, -0.2) is 60.6 Å². The maximum atomic E-state index is 13.0. The summed E-state index contributed by atoms with van der Waals surface area (Å²) in [5, 5.41) is 3.12. The average molecular weight is 405 g/mol. The van der Waals surface area contributed by atoms with E-state index in [1.54, 1.807) is 25.7 Å². The zero-order valence-electron chi connectivity index (χ0n) is 17.6. The first-order valence-electron chi connectivity index (χ1n) is 10.4. The van der Waals surface area contributed by atoms with Gasteiger partial charge in [-0.2, -0.15) is 0 Å². The first-order valence-corrected chi connectivity index (χ1v) is 10.4. The third-order valence-corrected chi connectivity index (χ3v) is 5.05. The van der Waals surface area contributed by atoms with Gasteiger partial charge in [-0.05, 0) is 52.0 Å². The summed E-state index contributed by atoms with van der Waals surface area (Å²) in [7, 11) is 0. The van der Waals surface area contributed by atoms with Gasteiger partial charge in [-0.25, -0.2) is 4.79 Å². The third kappa shape index (κ3) is 6.56. The number of nitrogens with one attached hydrogen (secondary N) is 1. The van der Waals surface area contributed by atoms with E-state index in [1.165, 1.54) is 0 Å². The molecule has 1 N–H and O–H groups in total. The fraction of sp³-hybridized carbons (Fsp3) is 0.591. The van der Waals surface area contributed by atoms with Crippen LogP contribution in [0.4, 0.5) is 0 Å². The molecule has 0 saturated carbocycles. The first kappa shape index (κ1) is 22.9. The Morgan fingerprint density at radius 1 is 1.14 bits per heavy atom. The number of nitrogens with zero attached hydrogens (tertiary/aromatic N) is 1. The second-order valence-electron chi connectivity index (χ2n) is 7.16. The normalized spacial score (nSPS) is 18.2. The number of carbonyl (C=O) groups is 3. The van der Waals surface area contributed by atoms with Crippen molar-refractivity contribution in [2.24, 2.45) is 0 Å². The number of benzene rings is 1. The SMILES string of the molecule is CCOC(=O)[C@H](CCc1ccccc1)N[C@@H](C)C(=O)N1CCC[C@H]1C(=O)OCC. The van der Waals surface area contributed by atoms with Crippen molar-refractivity contribution in [3.05, 3.63) is 35.9 Å². The summed E-state index contributed by atoms with van der Waals surface area (Å²) in [4.78, 5) is 39.1. The molecule has 7 nitrogen and oxygen atoms in total. The van der Waals surface area contributed by atoms with E-state index < -0.39 is 18.1 Å². The fourth-order valence-corrected chi connectivity index (χ4v) is 3.60. The van der Waals surface area contributed by atoms with Crippen LogP contribution in [0, 0.1) is 0 Å². The highest BCUT2D eigenvalue weighted by atomic mass is 16.5. The molecule has 1 aliphatic heterocycles.